The van der Waals surface area contributed by atoms with Crippen LogP contribution < -0.4 is 0 Å². The number of thioether (sulfide) groups is 1. The molecular formula is C13H18OS. The van der Waals surface area contributed by atoms with Crippen molar-refractivity contribution in [2.45, 2.75) is 42.6 Å². The Morgan fingerprint density at radius 2 is 1.80 bits per heavy atom. The summed E-state index contributed by atoms with van der Waals surface area (Å²) in [7, 11) is 0. The molecule has 1 aliphatic carbocycles. The number of hydrogen-bond donors (Lipinski definition) is 1. The Kier molecular flexibility index (Phi) is 3.71. The number of hydrogen-bond acceptors (Lipinski definition) is 2. The second-order valence-electron chi connectivity index (χ2n) is 4.23. The highest BCUT2D eigenvalue weighted by molar-refractivity contribution is 7.98. The van der Waals surface area contributed by atoms with Crippen molar-refractivity contribution in [1.82, 2.24) is 0 Å². The molecule has 0 aliphatic heterocycles. The van der Waals surface area contributed by atoms with E-state index >= 15 is 0 Å². The lowest BCUT2D eigenvalue weighted by molar-refractivity contribution is 0.106. The third-order valence-corrected chi connectivity index (χ3v) is 4.02. The summed E-state index contributed by atoms with van der Waals surface area (Å²) in [4.78, 5) is 1.30. The van der Waals surface area contributed by atoms with E-state index in [1.165, 1.54) is 23.3 Å². The fourth-order valence-electron chi connectivity index (χ4n) is 2.35. The molecule has 0 bridgehead atoms. The van der Waals surface area contributed by atoms with Gasteiger partial charge < -0.3 is 5.11 Å². The third-order valence-electron chi connectivity index (χ3n) is 3.27. The van der Waals surface area contributed by atoms with E-state index in [9.17, 15) is 5.11 Å². The summed E-state index contributed by atoms with van der Waals surface area (Å²) >= 11 is 1.76. The first-order chi connectivity index (χ1) is 7.31. The van der Waals surface area contributed by atoms with Crippen LogP contribution in [-0.4, -0.2) is 17.5 Å². The summed E-state index contributed by atoms with van der Waals surface area (Å²) < 4.78 is 0. The van der Waals surface area contributed by atoms with Gasteiger partial charge in [-0.25, -0.2) is 0 Å². The Labute approximate surface area is 95.9 Å². The zero-order valence-corrected chi connectivity index (χ0v) is 9.96. The highest BCUT2D eigenvalue weighted by Crippen LogP contribution is 2.33. The third kappa shape index (κ3) is 2.56. The van der Waals surface area contributed by atoms with E-state index in [1.807, 2.05) is 0 Å². The molecule has 0 amide bonds. The molecule has 1 aromatic carbocycles. The molecule has 0 spiro atoms. The van der Waals surface area contributed by atoms with Gasteiger partial charge in [0.2, 0.25) is 0 Å². The molecule has 0 saturated heterocycles. The van der Waals surface area contributed by atoms with Gasteiger partial charge in [-0.15, -0.1) is 11.8 Å². The smallest absolute Gasteiger partial charge is 0.0608 e. The van der Waals surface area contributed by atoms with Crippen LogP contribution in [0, 0.1) is 0 Å². The van der Waals surface area contributed by atoms with Crippen molar-refractivity contribution >= 4 is 11.8 Å². The SMILES string of the molecule is CSc1ccc([C@H]2CCCC[C@@H]2O)cc1. The van der Waals surface area contributed by atoms with E-state index in [-0.39, 0.29) is 6.10 Å². The average Bonchev–Trinajstić information content (AvgIpc) is 2.30. The zero-order valence-electron chi connectivity index (χ0n) is 9.15. The standard InChI is InChI=1S/C13H18OS/c1-15-11-8-6-10(7-9-11)12-4-2-3-5-13(12)14/h6-9,12-14H,2-5H2,1H3/t12-,13+/m1/s1. The summed E-state index contributed by atoms with van der Waals surface area (Å²) in [5, 5.41) is 9.94. The molecular weight excluding hydrogens is 204 g/mol. The molecule has 82 valence electrons. The van der Waals surface area contributed by atoms with Crippen LogP contribution in [0.5, 0.6) is 0 Å². The molecule has 1 nitrogen and oxygen atoms in total. The average molecular weight is 222 g/mol. The topological polar surface area (TPSA) is 20.2 Å². The van der Waals surface area contributed by atoms with Crippen molar-refractivity contribution in [2.75, 3.05) is 6.26 Å². The van der Waals surface area contributed by atoms with Crippen molar-refractivity contribution in [3.05, 3.63) is 29.8 Å². The molecule has 1 aromatic rings. The van der Waals surface area contributed by atoms with Gasteiger partial charge in [-0.2, -0.15) is 0 Å². The highest BCUT2D eigenvalue weighted by Gasteiger charge is 2.24. The Bertz CT molecular complexity index is 307. The van der Waals surface area contributed by atoms with Gasteiger partial charge >= 0.3 is 0 Å². The van der Waals surface area contributed by atoms with E-state index in [1.54, 1.807) is 11.8 Å². The van der Waals surface area contributed by atoms with Gasteiger partial charge in [0.05, 0.1) is 6.10 Å². The van der Waals surface area contributed by atoms with Crippen LogP contribution in [0.1, 0.15) is 37.2 Å². The van der Waals surface area contributed by atoms with Gasteiger partial charge in [0, 0.05) is 10.8 Å². The van der Waals surface area contributed by atoms with E-state index in [0.29, 0.717) is 5.92 Å². The number of aliphatic hydroxyl groups excluding tert-OH is 1. The summed E-state index contributed by atoms with van der Waals surface area (Å²) in [6.45, 7) is 0. The van der Waals surface area contributed by atoms with Crippen molar-refractivity contribution in [3.63, 3.8) is 0 Å². The fraction of sp³-hybridized carbons (Fsp3) is 0.538. The largest absolute Gasteiger partial charge is 0.392 e. The molecule has 1 fully saturated rings. The molecule has 1 N–H and O–H groups in total. The van der Waals surface area contributed by atoms with Crippen molar-refractivity contribution in [3.8, 4) is 0 Å². The lowest BCUT2D eigenvalue weighted by Crippen LogP contribution is -2.22. The molecule has 0 heterocycles. The van der Waals surface area contributed by atoms with Crippen LogP contribution in [0.15, 0.2) is 29.2 Å². The first-order valence-electron chi connectivity index (χ1n) is 5.63. The van der Waals surface area contributed by atoms with Gasteiger partial charge in [-0.1, -0.05) is 25.0 Å². The molecule has 0 unspecified atom stereocenters. The normalized spacial score (nSPS) is 26.5. The van der Waals surface area contributed by atoms with E-state index < -0.39 is 0 Å². The molecule has 0 aromatic heterocycles. The lowest BCUT2D eigenvalue weighted by Gasteiger charge is -2.27. The molecule has 1 aliphatic rings. The maximum atomic E-state index is 9.94. The van der Waals surface area contributed by atoms with Crippen LogP contribution in [-0.2, 0) is 0 Å². The number of aliphatic hydroxyl groups is 1. The molecule has 1 saturated carbocycles. The molecule has 15 heavy (non-hydrogen) atoms. The van der Waals surface area contributed by atoms with Gasteiger partial charge in [-0.3, -0.25) is 0 Å². The van der Waals surface area contributed by atoms with E-state index in [4.69, 9.17) is 0 Å². The summed E-state index contributed by atoms with van der Waals surface area (Å²) in [5.74, 6) is 0.370. The summed E-state index contributed by atoms with van der Waals surface area (Å²) in [5.41, 5.74) is 1.31. The minimum Gasteiger partial charge on any atom is -0.392 e. The second-order valence-corrected chi connectivity index (χ2v) is 5.11. The summed E-state index contributed by atoms with van der Waals surface area (Å²) in [6, 6.07) is 8.65. The zero-order chi connectivity index (χ0) is 10.7. The summed E-state index contributed by atoms with van der Waals surface area (Å²) in [6.07, 6.45) is 6.50. The molecule has 0 radical (unpaired) electrons. The number of rotatable bonds is 2. The first-order valence-corrected chi connectivity index (χ1v) is 6.86. The van der Waals surface area contributed by atoms with E-state index in [2.05, 4.69) is 30.5 Å². The monoisotopic (exact) mass is 222 g/mol. The predicted octanol–water partition coefficient (Wildman–Crippen LogP) is 3.43. The van der Waals surface area contributed by atoms with E-state index in [0.717, 1.165) is 12.8 Å². The van der Waals surface area contributed by atoms with Crippen LogP contribution in [0.25, 0.3) is 0 Å². The maximum Gasteiger partial charge on any atom is 0.0608 e. The Balaban J connectivity index is 2.13. The highest BCUT2D eigenvalue weighted by atomic mass is 32.2. The van der Waals surface area contributed by atoms with Crippen molar-refractivity contribution in [1.29, 1.82) is 0 Å². The van der Waals surface area contributed by atoms with Crippen LogP contribution in [0.3, 0.4) is 0 Å². The Hall–Kier alpha value is -0.470. The Morgan fingerprint density at radius 1 is 1.13 bits per heavy atom. The van der Waals surface area contributed by atoms with Crippen LogP contribution in [0.4, 0.5) is 0 Å². The van der Waals surface area contributed by atoms with Crippen molar-refractivity contribution in [2.24, 2.45) is 0 Å². The minimum absolute atomic E-state index is 0.126. The fourth-order valence-corrected chi connectivity index (χ4v) is 2.76. The van der Waals surface area contributed by atoms with Gasteiger partial charge in [0.15, 0.2) is 0 Å². The lowest BCUT2D eigenvalue weighted by atomic mass is 9.82. The quantitative estimate of drug-likeness (QED) is 0.774. The minimum atomic E-state index is -0.126. The van der Waals surface area contributed by atoms with Gasteiger partial charge in [0.25, 0.3) is 0 Å². The van der Waals surface area contributed by atoms with Crippen LogP contribution >= 0.6 is 11.8 Å². The van der Waals surface area contributed by atoms with Gasteiger partial charge in [0.1, 0.15) is 0 Å². The Morgan fingerprint density at radius 3 is 2.40 bits per heavy atom. The molecule has 2 rings (SSSR count). The second kappa shape index (κ2) is 5.04. The van der Waals surface area contributed by atoms with Crippen molar-refractivity contribution < 1.29 is 5.11 Å². The number of benzene rings is 1. The van der Waals surface area contributed by atoms with Crippen LogP contribution in [0.2, 0.25) is 0 Å². The maximum absolute atomic E-state index is 9.94. The predicted molar refractivity (Wildman–Crippen MR) is 65.4 cm³/mol. The van der Waals surface area contributed by atoms with Gasteiger partial charge in [-0.05, 0) is 36.8 Å². The molecule has 2 heteroatoms. The first kappa shape index (κ1) is 11.0. The molecule has 2 atom stereocenters.